The van der Waals surface area contributed by atoms with Crippen LogP contribution in [0.25, 0.3) is 0 Å². The standard InChI is InChI=1S/C45H45NO4/c1-44(46-50-34-39-24-12-4-13-25-39,43(48-33-38-22-10-3-11-23-38)35-47-32-37-20-8-2-9-21-37)36-49-45(40-26-14-5-15-27-40,41-28-16-6-17-29-41)42-30-18-7-19-31-42/h2-31,43,46H,32-36H2,1H3/t43-,44-/m0/s1. The zero-order valence-corrected chi connectivity index (χ0v) is 28.6. The minimum Gasteiger partial charge on any atom is -0.374 e. The van der Waals surface area contributed by atoms with Gasteiger partial charge in [0.25, 0.3) is 0 Å². The number of hydrogen-bond acceptors (Lipinski definition) is 5. The fourth-order valence-corrected chi connectivity index (χ4v) is 6.12. The van der Waals surface area contributed by atoms with E-state index in [9.17, 15) is 0 Å². The second-order valence-corrected chi connectivity index (χ2v) is 12.6. The maximum atomic E-state index is 7.38. The van der Waals surface area contributed by atoms with E-state index in [-0.39, 0.29) is 6.61 Å². The summed E-state index contributed by atoms with van der Waals surface area (Å²) in [6, 6.07) is 61.7. The van der Waals surface area contributed by atoms with E-state index in [0.29, 0.717) is 26.4 Å². The van der Waals surface area contributed by atoms with Gasteiger partial charge in [-0.1, -0.05) is 182 Å². The van der Waals surface area contributed by atoms with Gasteiger partial charge in [0.15, 0.2) is 0 Å². The zero-order chi connectivity index (χ0) is 34.3. The van der Waals surface area contributed by atoms with E-state index in [1.54, 1.807) is 0 Å². The second-order valence-electron chi connectivity index (χ2n) is 12.6. The average molecular weight is 664 g/mol. The van der Waals surface area contributed by atoms with Crippen LogP contribution in [-0.4, -0.2) is 24.9 Å². The number of benzene rings is 6. The molecule has 0 spiro atoms. The Balaban J connectivity index is 1.37. The Morgan fingerprint density at radius 3 is 1.30 bits per heavy atom. The zero-order valence-electron chi connectivity index (χ0n) is 28.6. The molecule has 0 aliphatic carbocycles. The van der Waals surface area contributed by atoms with Gasteiger partial charge in [0.05, 0.1) is 38.6 Å². The van der Waals surface area contributed by atoms with Gasteiger partial charge in [-0.25, -0.2) is 0 Å². The fourth-order valence-electron chi connectivity index (χ4n) is 6.12. The van der Waals surface area contributed by atoms with Crippen LogP contribution in [-0.2, 0) is 44.5 Å². The van der Waals surface area contributed by atoms with E-state index >= 15 is 0 Å². The Morgan fingerprint density at radius 1 is 0.480 bits per heavy atom. The Bertz CT molecular complexity index is 1710. The Hall–Kier alpha value is -4.88. The number of nitrogens with one attached hydrogen (secondary N) is 1. The first-order valence-corrected chi connectivity index (χ1v) is 17.2. The van der Waals surface area contributed by atoms with Crippen LogP contribution in [0.1, 0.15) is 40.3 Å². The van der Waals surface area contributed by atoms with Crippen molar-refractivity contribution in [3.05, 3.63) is 215 Å². The molecule has 0 saturated carbocycles. The molecule has 5 heteroatoms. The number of hydroxylamine groups is 1. The van der Waals surface area contributed by atoms with Gasteiger partial charge in [-0.2, -0.15) is 5.48 Å². The Morgan fingerprint density at radius 2 is 0.860 bits per heavy atom. The predicted molar refractivity (Wildman–Crippen MR) is 199 cm³/mol. The molecule has 0 saturated heterocycles. The van der Waals surface area contributed by atoms with Crippen molar-refractivity contribution in [2.45, 2.75) is 44.0 Å². The molecule has 0 bridgehead atoms. The maximum Gasteiger partial charge on any atom is 0.143 e. The summed E-state index contributed by atoms with van der Waals surface area (Å²) in [7, 11) is 0. The molecule has 0 amide bonds. The van der Waals surface area contributed by atoms with Gasteiger partial charge in [-0.05, 0) is 40.3 Å². The number of hydrogen-bond donors (Lipinski definition) is 1. The van der Waals surface area contributed by atoms with E-state index in [1.807, 2.05) is 84.9 Å². The van der Waals surface area contributed by atoms with Crippen LogP contribution in [0.3, 0.4) is 0 Å². The highest BCUT2D eigenvalue weighted by molar-refractivity contribution is 5.47. The van der Waals surface area contributed by atoms with Crippen LogP contribution < -0.4 is 5.48 Å². The summed E-state index contributed by atoms with van der Waals surface area (Å²) < 4.78 is 20.5. The van der Waals surface area contributed by atoms with Crippen molar-refractivity contribution < 1.29 is 19.0 Å². The summed E-state index contributed by atoms with van der Waals surface area (Å²) in [4.78, 5) is 6.30. The largest absolute Gasteiger partial charge is 0.374 e. The molecule has 0 unspecified atom stereocenters. The Kier molecular flexibility index (Phi) is 12.4. The van der Waals surface area contributed by atoms with Crippen molar-refractivity contribution in [1.82, 2.24) is 5.48 Å². The molecule has 0 aliphatic heterocycles. The molecule has 5 nitrogen and oxygen atoms in total. The molecular weight excluding hydrogens is 618 g/mol. The van der Waals surface area contributed by atoms with Crippen LogP contribution in [0.15, 0.2) is 182 Å². The summed E-state index contributed by atoms with van der Waals surface area (Å²) in [5, 5.41) is 0. The lowest BCUT2D eigenvalue weighted by molar-refractivity contribution is -0.158. The van der Waals surface area contributed by atoms with Gasteiger partial charge in [-0.3, -0.25) is 4.84 Å². The molecule has 6 aromatic carbocycles. The van der Waals surface area contributed by atoms with Crippen LogP contribution >= 0.6 is 0 Å². The van der Waals surface area contributed by atoms with Crippen molar-refractivity contribution in [3.8, 4) is 0 Å². The molecule has 0 heterocycles. The van der Waals surface area contributed by atoms with Crippen molar-refractivity contribution in [2.75, 3.05) is 13.2 Å². The number of rotatable bonds is 18. The molecule has 2 atom stereocenters. The SMILES string of the molecule is C[C@@](COC(c1ccccc1)(c1ccccc1)c1ccccc1)(NOCc1ccccc1)[C@H](COCc1ccccc1)OCc1ccccc1. The first-order valence-electron chi connectivity index (χ1n) is 17.2. The van der Waals surface area contributed by atoms with Crippen LogP contribution in [0.2, 0.25) is 0 Å². The third-order valence-corrected chi connectivity index (χ3v) is 8.90. The van der Waals surface area contributed by atoms with E-state index < -0.39 is 17.2 Å². The second kappa shape index (κ2) is 17.7. The lowest BCUT2D eigenvalue weighted by Crippen LogP contribution is -2.59. The molecule has 0 radical (unpaired) electrons. The van der Waals surface area contributed by atoms with Crippen LogP contribution in [0.4, 0.5) is 0 Å². The minimum atomic E-state index is -0.930. The molecule has 0 fully saturated rings. The van der Waals surface area contributed by atoms with Gasteiger partial charge in [-0.15, -0.1) is 0 Å². The molecule has 50 heavy (non-hydrogen) atoms. The van der Waals surface area contributed by atoms with Gasteiger partial charge in [0.1, 0.15) is 11.7 Å². The van der Waals surface area contributed by atoms with E-state index in [1.165, 1.54) is 0 Å². The van der Waals surface area contributed by atoms with Gasteiger partial charge in [0, 0.05) is 0 Å². The summed E-state index contributed by atoms with van der Waals surface area (Å²) >= 11 is 0. The van der Waals surface area contributed by atoms with E-state index in [4.69, 9.17) is 19.0 Å². The smallest absolute Gasteiger partial charge is 0.143 e. The lowest BCUT2D eigenvalue weighted by Gasteiger charge is -2.42. The summed E-state index contributed by atoms with van der Waals surface area (Å²) in [6.07, 6.45) is -0.470. The normalized spacial score (nSPS) is 13.4. The van der Waals surface area contributed by atoms with Gasteiger partial charge >= 0.3 is 0 Å². The molecule has 0 aliphatic rings. The van der Waals surface area contributed by atoms with E-state index in [0.717, 1.165) is 33.4 Å². The molecule has 1 N–H and O–H groups in total. The first-order chi connectivity index (χ1) is 24.7. The fraction of sp³-hybridized carbons (Fsp3) is 0.200. The van der Waals surface area contributed by atoms with E-state index in [2.05, 4.69) is 109 Å². The highest BCUT2D eigenvalue weighted by Gasteiger charge is 2.43. The maximum absolute atomic E-state index is 7.38. The lowest BCUT2D eigenvalue weighted by atomic mass is 9.79. The summed E-state index contributed by atoms with van der Waals surface area (Å²) in [5.74, 6) is 0. The van der Waals surface area contributed by atoms with Crippen molar-refractivity contribution in [3.63, 3.8) is 0 Å². The summed E-state index contributed by atoms with van der Waals surface area (Å²) in [5.41, 5.74) is 7.91. The molecule has 254 valence electrons. The topological polar surface area (TPSA) is 49.0 Å². The quantitative estimate of drug-likeness (QED) is 0.0734. The monoisotopic (exact) mass is 663 g/mol. The average Bonchev–Trinajstić information content (AvgIpc) is 3.19. The van der Waals surface area contributed by atoms with Crippen molar-refractivity contribution in [2.24, 2.45) is 0 Å². The molecule has 6 aromatic rings. The molecule has 0 aromatic heterocycles. The van der Waals surface area contributed by atoms with Gasteiger partial charge < -0.3 is 14.2 Å². The minimum absolute atomic E-state index is 0.217. The van der Waals surface area contributed by atoms with Crippen LogP contribution in [0, 0.1) is 0 Å². The highest BCUT2D eigenvalue weighted by Crippen LogP contribution is 2.41. The van der Waals surface area contributed by atoms with Crippen LogP contribution in [0.5, 0.6) is 0 Å². The van der Waals surface area contributed by atoms with Crippen molar-refractivity contribution >= 4 is 0 Å². The summed E-state index contributed by atoms with van der Waals surface area (Å²) in [6.45, 7) is 3.83. The number of ether oxygens (including phenoxy) is 3. The Labute approximate surface area is 296 Å². The first kappa shape index (κ1) is 35.0. The highest BCUT2D eigenvalue weighted by atomic mass is 16.7. The van der Waals surface area contributed by atoms with Gasteiger partial charge in [0.2, 0.25) is 0 Å². The third kappa shape index (κ3) is 9.01. The third-order valence-electron chi connectivity index (χ3n) is 8.90. The van der Waals surface area contributed by atoms with Crippen molar-refractivity contribution in [1.29, 1.82) is 0 Å². The molecule has 6 rings (SSSR count). The predicted octanol–water partition coefficient (Wildman–Crippen LogP) is 9.28. The molecular formula is C45H45NO4.